The molecule has 2 aromatic carbocycles. The van der Waals surface area contributed by atoms with Crippen LogP contribution < -0.4 is 10.2 Å². The number of aromatic nitrogens is 3. The number of halogens is 2. The van der Waals surface area contributed by atoms with E-state index in [0.29, 0.717) is 28.1 Å². The lowest BCUT2D eigenvalue weighted by Crippen LogP contribution is -2.47. The SMILES string of the molecule is C[C@@H](c1ccc(Cl)cc1)n1nnc2c1NC(=O)C[C@]21C(=O)N(CCCCCCCCN(C)C)c2ccc(Cl)cc21. The van der Waals surface area contributed by atoms with Crippen molar-refractivity contribution in [1.29, 1.82) is 0 Å². The van der Waals surface area contributed by atoms with E-state index >= 15 is 0 Å². The molecule has 0 aliphatic carbocycles. The Kier molecular flexibility index (Phi) is 8.50. The summed E-state index contributed by atoms with van der Waals surface area (Å²) in [6.07, 6.45) is 6.64. The zero-order valence-electron chi connectivity index (χ0n) is 23.3. The molecular formula is C30H36Cl2N6O2. The molecule has 2 atom stereocenters. The van der Waals surface area contributed by atoms with Crippen LogP contribution in [0.4, 0.5) is 11.5 Å². The number of benzene rings is 2. The second kappa shape index (κ2) is 11.9. The molecule has 40 heavy (non-hydrogen) atoms. The highest BCUT2D eigenvalue weighted by atomic mass is 35.5. The van der Waals surface area contributed by atoms with E-state index in [0.717, 1.165) is 42.6 Å². The molecule has 3 aromatic rings. The van der Waals surface area contributed by atoms with Gasteiger partial charge < -0.3 is 15.1 Å². The Labute approximate surface area is 245 Å². The summed E-state index contributed by atoms with van der Waals surface area (Å²) >= 11 is 12.5. The van der Waals surface area contributed by atoms with Gasteiger partial charge in [0.15, 0.2) is 5.82 Å². The molecule has 1 N–H and O–H groups in total. The minimum absolute atomic E-state index is 0.0391. The molecule has 10 heteroatoms. The number of fused-ring (bicyclic) bond motifs is 4. The van der Waals surface area contributed by atoms with E-state index in [4.69, 9.17) is 23.2 Å². The van der Waals surface area contributed by atoms with Crippen LogP contribution in [0.3, 0.4) is 0 Å². The van der Waals surface area contributed by atoms with Crippen molar-refractivity contribution in [2.45, 2.75) is 63.3 Å². The number of nitrogens with one attached hydrogen (secondary N) is 1. The minimum Gasteiger partial charge on any atom is -0.311 e. The van der Waals surface area contributed by atoms with Gasteiger partial charge in [-0.1, -0.05) is 66.2 Å². The maximum atomic E-state index is 14.3. The normalized spacial score (nSPS) is 18.8. The summed E-state index contributed by atoms with van der Waals surface area (Å²) in [5.41, 5.74) is 1.67. The third-order valence-corrected chi connectivity index (χ3v) is 8.55. The summed E-state index contributed by atoms with van der Waals surface area (Å²) in [7, 11) is 4.20. The maximum Gasteiger partial charge on any atom is 0.244 e. The van der Waals surface area contributed by atoms with Crippen LogP contribution in [0.1, 0.15) is 74.7 Å². The predicted molar refractivity (Wildman–Crippen MR) is 159 cm³/mol. The molecular weight excluding hydrogens is 547 g/mol. The van der Waals surface area contributed by atoms with Crippen molar-refractivity contribution in [3.05, 3.63) is 69.3 Å². The minimum atomic E-state index is -1.26. The van der Waals surface area contributed by atoms with Gasteiger partial charge in [0.25, 0.3) is 0 Å². The molecule has 8 nitrogen and oxygen atoms in total. The lowest BCUT2D eigenvalue weighted by molar-refractivity contribution is -0.126. The molecule has 5 rings (SSSR count). The summed E-state index contributed by atoms with van der Waals surface area (Å²) in [6.45, 7) is 3.67. The fourth-order valence-electron chi connectivity index (χ4n) is 5.92. The molecule has 0 unspecified atom stereocenters. The maximum absolute atomic E-state index is 14.3. The van der Waals surface area contributed by atoms with Crippen molar-refractivity contribution in [2.75, 3.05) is 37.4 Å². The molecule has 0 radical (unpaired) electrons. The number of anilines is 2. The first-order valence-electron chi connectivity index (χ1n) is 14.0. The molecule has 0 saturated carbocycles. The number of unbranched alkanes of at least 4 members (excludes halogenated alkanes) is 5. The molecule has 0 fully saturated rings. The van der Waals surface area contributed by atoms with Gasteiger partial charge in [0, 0.05) is 22.3 Å². The first-order chi connectivity index (χ1) is 19.2. The number of amides is 2. The lowest BCUT2D eigenvalue weighted by Gasteiger charge is -2.31. The largest absolute Gasteiger partial charge is 0.311 e. The van der Waals surface area contributed by atoms with Gasteiger partial charge in [0.05, 0.1) is 12.5 Å². The van der Waals surface area contributed by atoms with Crippen molar-refractivity contribution in [3.8, 4) is 0 Å². The van der Waals surface area contributed by atoms with E-state index < -0.39 is 5.41 Å². The van der Waals surface area contributed by atoms with Crippen molar-refractivity contribution in [2.24, 2.45) is 0 Å². The monoisotopic (exact) mass is 582 g/mol. The summed E-state index contributed by atoms with van der Waals surface area (Å²) < 4.78 is 1.67. The van der Waals surface area contributed by atoms with E-state index in [-0.39, 0.29) is 24.3 Å². The first kappa shape index (κ1) is 28.6. The van der Waals surface area contributed by atoms with Crippen LogP contribution >= 0.6 is 23.2 Å². The fourth-order valence-corrected chi connectivity index (χ4v) is 6.22. The Hall–Kier alpha value is -2.94. The van der Waals surface area contributed by atoms with Gasteiger partial charge in [0.2, 0.25) is 11.8 Å². The van der Waals surface area contributed by atoms with Crippen molar-refractivity contribution in [1.82, 2.24) is 19.9 Å². The Morgan fingerprint density at radius 1 is 0.975 bits per heavy atom. The average molecular weight is 584 g/mol. The third kappa shape index (κ3) is 5.37. The van der Waals surface area contributed by atoms with E-state index in [1.165, 1.54) is 19.3 Å². The van der Waals surface area contributed by atoms with Gasteiger partial charge >= 0.3 is 0 Å². The number of rotatable bonds is 11. The van der Waals surface area contributed by atoms with Crippen molar-refractivity contribution >= 4 is 46.5 Å². The molecule has 2 aliphatic rings. The molecule has 1 aromatic heterocycles. The lowest BCUT2D eigenvalue weighted by atomic mass is 9.73. The summed E-state index contributed by atoms with van der Waals surface area (Å²) in [5, 5.41) is 13.1. The highest BCUT2D eigenvalue weighted by molar-refractivity contribution is 6.31. The number of carbonyl (C=O) groups is 2. The van der Waals surface area contributed by atoms with Crippen LogP contribution in [0.5, 0.6) is 0 Å². The molecule has 0 bridgehead atoms. The van der Waals surface area contributed by atoms with Gasteiger partial charge in [0.1, 0.15) is 11.1 Å². The highest BCUT2D eigenvalue weighted by Gasteiger charge is 2.58. The number of hydrogen-bond donors (Lipinski definition) is 1. The van der Waals surface area contributed by atoms with Crippen LogP contribution in [0.25, 0.3) is 0 Å². The summed E-state index contributed by atoms with van der Waals surface area (Å²) in [4.78, 5) is 31.6. The molecule has 0 saturated heterocycles. The predicted octanol–water partition coefficient (Wildman–Crippen LogP) is 6.07. The molecule has 1 spiro atoms. The van der Waals surface area contributed by atoms with Crippen LogP contribution in [0, 0.1) is 0 Å². The standard InChI is InChI=1S/C30H36Cl2N6O2/c1-20(21-10-12-22(31)13-11-21)38-28-27(34-35-38)30(19-26(39)33-28)24-18-23(32)14-15-25(24)37(29(30)40)17-9-7-5-4-6-8-16-36(2)3/h10-15,18,20H,4-9,16-17,19H2,1-3H3,(H,33,39)/t20-,30+/m0/s1. The zero-order chi connectivity index (χ0) is 28.4. The van der Waals surface area contributed by atoms with Crippen LogP contribution in [-0.2, 0) is 15.0 Å². The van der Waals surface area contributed by atoms with E-state index in [9.17, 15) is 9.59 Å². The van der Waals surface area contributed by atoms with Gasteiger partial charge in [-0.25, -0.2) is 4.68 Å². The molecule has 3 heterocycles. The quantitative estimate of drug-likeness (QED) is 0.277. The van der Waals surface area contributed by atoms with E-state index in [2.05, 4.69) is 34.6 Å². The first-order valence-corrected chi connectivity index (χ1v) is 14.8. The molecule has 2 aliphatic heterocycles. The topological polar surface area (TPSA) is 83.4 Å². The average Bonchev–Trinajstić information content (AvgIpc) is 3.44. The van der Waals surface area contributed by atoms with Crippen LogP contribution in [0.2, 0.25) is 10.0 Å². The van der Waals surface area contributed by atoms with E-state index in [1.807, 2.05) is 48.2 Å². The Balaban J connectivity index is 1.41. The number of carbonyl (C=O) groups excluding carboxylic acids is 2. The van der Waals surface area contributed by atoms with Gasteiger partial charge in [-0.05, 0) is 81.9 Å². The van der Waals surface area contributed by atoms with Gasteiger partial charge in [-0.15, -0.1) is 5.10 Å². The second-order valence-electron chi connectivity index (χ2n) is 11.1. The number of nitrogens with zero attached hydrogens (tertiary/aromatic N) is 5. The third-order valence-electron chi connectivity index (χ3n) is 8.06. The second-order valence-corrected chi connectivity index (χ2v) is 12.0. The fraction of sp³-hybridized carbons (Fsp3) is 0.467. The zero-order valence-corrected chi connectivity index (χ0v) is 24.8. The Bertz CT molecular complexity index is 1390. The number of hydrogen-bond acceptors (Lipinski definition) is 5. The Morgan fingerprint density at radius 3 is 2.38 bits per heavy atom. The van der Waals surface area contributed by atoms with Gasteiger partial charge in [-0.2, -0.15) is 0 Å². The summed E-state index contributed by atoms with van der Waals surface area (Å²) in [5.74, 6) is 0.0498. The van der Waals surface area contributed by atoms with Crippen molar-refractivity contribution in [3.63, 3.8) is 0 Å². The van der Waals surface area contributed by atoms with Crippen LogP contribution in [0.15, 0.2) is 42.5 Å². The Morgan fingerprint density at radius 2 is 1.65 bits per heavy atom. The summed E-state index contributed by atoms with van der Waals surface area (Å²) in [6, 6.07) is 12.7. The van der Waals surface area contributed by atoms with Gasteiger partial charge in [-0.3, -0.25) is 9.59 Å². The highest BCUT2D eigenvalue weighted by Crippen LogP contribution is 2.52. The molecule has 2 amide bonds. The molecule has 212 valence electrons. The van der Waals surface area contributed by atoms with E-state index in [1.54, 1.807) is 10.7 Å². The smallest absolute Gasteiger partial charge is 0.244 e. The van der Waals surface area contributed by atoms with Crippen LogP contribution in [-0.4, -0.2) is 58.9 Å². The van der Waals surface area contributed by atoms with Crippen molar-refractivity contribution < 1.29 is 9.59 Å².